The van der Waals surface area contributed by atoms with Gasteiger partial charge in [-0.25, -0.2) is 10.5 Å². The summed E-state index contributed by atoms with van der Waals surface area (Å²) in [6.07, 6.45) is 1.70. The Morgan fingerprint density at radius 1 is 1.42 bits per heavy atom. The Hall–Kier alpha value is -1.96. The number of aromatic amines is 1. The third kappa shape index (κ3) is 5.79. The van der Waals surface area contributed by atoms with Gasteiger partial charge in [-0.1, -0.05) is 47.9 Å². The van der Waals surface area contributed by atoms with Gasteiger partial charge in [-0.2, -0.15) is 10.1 Å². The van der Waals surface area contributed by atoms with Crippen LogP contribution < -0.4 is 10.7 Å². The first-order valence-corrected chi connectivity index (χ1v) is 11.0. The number of thiophene rings is 1. The zero-order valence-corrected chi connectivity index (χ0v) is 16.8. The van der Waals surface area contributed by atoms with E-state index in [9.17, 15) is 4.79 Å². The van der Waals surface area contributed by atoms with E-state index in [1.54, 1.807) is 29.3 Å². The number of amides is 1. The topological polar surface area (TPSA) is 121 Å². The number of anilines is 2. The van der Waals surface area contributed by atoms with E-state index in [-0.39, 0.29) is 11.7 Å². The van der Waals surface area contributed by atoms with Crippen LogP contribution in [0.25, 0.3) is 0 Å². The minimum atomic E-state index is -0.186. The third-order valence-corrected chi connectivity index (χ3v) is 6.13. The Kier molecular flexibility index (Phi) is 6.99. The SMILES string of the molecule is CCSc1nnc(NC(=O)CSc2n[nH]c(N/N=C/c3cccs3)n2)s1. The molecule has 1 amide bonds. The van der Waals surface area contributed by atoms with Crippen molar-refractivity contribution in [1.29, 1.82) is 0 Å². The normalized spacial score (nSPS) is 11.1. The molecule has 0 radical (unpaired) electrons. The zero-order chi connectivity index (χ0) is 18.2. The molecule has 3 heterocycles. The van der Waals surface area contributed by atoms with Crippen molar-refractivity contribution in [2.24, 2.45) is 5.10 Å². The smallest absolute Gasteiger partial charge is 0.240 e. The van der Waals surface area contributed by atoms with Gasteiger partial charge in [0.25, 0.3) is 0 Å². The summed E-state index contributed by atoms with van der Waals surface area (Å²) in [4.78, 5) is 17.2. The number of rotatable bonds is 9. The monoisotopic (exact) mass is 426 g/mol. The summed E-state index contributed by atoms with van der Waals surface area (Å²) < 4.78 is 0.836. The third-order valence-electron chi connectivity index (χ3n) is 2.62. The summed E-state index contributed by atoms with van der Waals surface area (Å²) in [6, 6.07) is 3.91. The lowest BCUT2D eigenvalue weighted by Crippen LogP contribution is -2.13. The van der Waals surface area contributed by atoms with Crippen LogP contribution in [-0.4, -0.2) is 49.0 Å². The van der Waals surface area contributed by atoms with Crippen LogP contribution in [0.3, 0.4) is 0 Å². The summed E-state index contributed by atoms with van der Waals surface area (Å²) in [5, 5.41) is 24.4. The van der Waals surface area contributed by atoms with Crippen LogP contribution in [0, 0.1) is 0 Å². The molecule has 13 heteroatoms. The lowest BCUT2D eigenvalue weighted by molar-refractivity contribution is -0.113. The van der Waals surface area contributed by atoms with E-state index in [2.05, 4.69) is 41.2 Å². The summed E-state index contributed by atoms with van der Waals surface area (Å²) in [6.45, 7) is 2.04. The van der Waals surface area contributed by atoms with Gasteiger partial charge in [0.2, 0.25) is 22.1 Å². The minimum absolute atomic E-state index is 0.172. The molecule has 0 fully saturated rings. The number of H-pyrrole nitrogens is 1. The minimum Gasteiger partial charge on any atom is -0.300 e. The van der Waals surface area contributed by atoms with Crippen LogP contribution in [0.5, 0.6) is 0 Å². The molecular weight excluding hydrogens is 412 g/mol. The van der Waals surface area contributed by atoms with Crippen molar-refractivity contribution in [3.63, 3.8) is 0 Å². The fourth-order valence-corrected chi connectivity index (χ4v) is 4.46. The number of carbonyl (C=O) groups is 1. The summed E-state index contributed by atoms with van der Waals surface area (Å²) in [7, 11) is 0. The highest BCUT2D eigenvalue weighted by molar-refractivity contribution is 8.01. The predicted octanol–water partition coefficient (Wildman–Crippen LogP) is 3.01. The zero-order valence-electron chi connectivity index (χ0n) is 13.5. The van der Waals surface area contributed by atoms with Gasteiger partial charge in [-0.15, -0.1) is 26.6 Å². The van der Waals surface area contributed by atoms with Gasteiger partial charge in [0, 0.05) is 4.88 Å². The number of thioether (sulfide) groups is 2. The molecule has 0 aromatic carbocycles. The van der Waals surface area contributed by atoms with E-state index < -0.39 is 0 Å². The Morgan fingerprint density at radius 3 is 3.15 bits per heavy atom. The van der Waals surface area contributed by atoms with Crippen molar-refractivity contribution in [1.82, 2.24) is 25.4 Å². The molecule has 9 nitrogen and oxygen atoms in total. The number of hydrogen-bond donors (Lipinski definition) is 3. The fourth-order valence-electron chi connectivity index (χ4n) is 1.61. The molecule has 136 valence electrons. The van der Waals surface area contributed by atoms with Crippen molar-refractivity contribution in [2.75, 3.05) is 22.2 Å². The van der Waals surface area contributed by atoms with E-state index in [1.807, 2.05) is 24.4 Å². The highest BCUT2D eigenvalue weighted by Gasteiger charge is 2.10. The number of aromatic nitrogens is 5. The number of nitrogens with zero attached hydrogens (tertiary/aromatic N) is 5. The van der Waals surface area contributed by atoms with Crippen LogP contribution in [0.2, 0.25) is 0 Å². The highest BCUT2D eigenvalue weighted by atomic mass is 32.2. The summed E-state index contributed by atoms with van der Waals surface area (Å²) >= 11 is 5.74. The van der Waals surface area contributed by atoms with Gasteiger partial charge in [0.05, 0.1) is 12.0 Å². The standard InChI is InChI=1S/C13H14N8OS4/c1-2-23-13-21-20-12(26-13)15-9(22)7-25-11-16-10(18-19-11)17-14-6-8-4-3-5-24-8/h3-6H,2,7H2,1H3,(H,15,20,22)(H2,16,17,18,19)/b14-6+. The largest absolute Gasteiger partial charge is 0.300 e. The van der Waals surface area contributed by atoms with E-state index >= 15 is 0 Å². The van der Waals surface area contributed by atoms with Gasteiger partial charge in [0.1, 0.15) is 0 Å². The number of carbonyl (C=O) groups excluding carboxylic acids is 1. The van der Waals surface area contributed by atoms with Crippen LogP contribution in [0.1, 0.15) is 11.8 Å². The Morgan fingerprint density at radius 2 is 2.35 bits per heavy atom. The van der Waals surface area contributed by atoms with Crippen molar-refractivity contribution in [3.05, 3.63) is 22.4 Å². The second-order valence-corrected chi connectivity index (χ2v) is 8.91. The van der Waals surface area contributed by atoms with Crippen LogP contribution in [-0.2, 0) is 4.79 Å². The molecule has 0 aliphatic rings. The van der Waals surface area contributed by atoms with E-state index in [0.717, 1.165) is 15.0 Å². The highest BCUT2D eigenvalue weighted by Crippen LogP contribution is 2.25. The summed E-state index contributed by atoms with van der Waals surface area (Å²) in [5.41, 5.74) is 2.76. The first-order valence-electron chi connectivity index (χ1n) is 7.37. The maximum atomic E-state index is 12.0. The molecular formula is C13H14N8OS4. The van der Waals surface area contributed by atoms with Crippen LogP contribution in [0.4, 0.5) is 11.1 Å². The first-order chi connectivity index (χ1) is 12.7. The molecule has 0 aliphatic heterocycles. The number of hydrogen-bond acceptors (Lipinski definition) is 11. The van der Waals surface area contributed by atoms with Crippen molar-refractivity contribution in [2.45, 2.75) is 16.4 Å². The maximum Gasteiger partial charge on any atom is 0.240 e. The van der Waals surface area contributed by atoms with E-state index in [0.29, 0.717) is 16.2 Å². The quantitative estimate of drug-likeness (QED) is 0.207. The molecule has 0 saturated heterocycles. The fraction of sp³-hybridized carbons (Fsp3) is 0.231. The van der Waals surface area contributed by atoms with E-state index in [4.69, 9.17) is 0 Å². The maximum absolute atomic E-state index is 12.0. The van der Waals surface area contributed by atoms with Gasteiger partial charge in [0.15, 0.2) is 4.34 Å². The van der Waals surface area contributed by atoms with Gasteiger partial charge in [-0.3, -0.25) is 10.1 Å². The van der Waals surface area contributed by atoms with Gasteiger partial charge >= 0.3 is 0 Å². The number of hydrazone groups is 1. The predicted molar refractivity (Wildman–Crippen MR) is 108 cm³/mol. The van der Waals surface area contributed by atoms with Crippen LogP contribution >= 0.6 is 46.2 Å². The molecule has 3 aromatic heterocycles. The second kappa shape index (κ2) is 9.66. The Labute approximate surface area is 165 Å². The van der Waals surface area contributed by atoms with Crippen molar-refractivity contribution in [3.8, 4) is 0 Å². The molecule has 0 aliphatic carbocycles. The Balaban J connectivity index is 1.42. The molecule has 0 saturated carbocycles. The lowest BCUT2D eigenvalue weighted by Gasteiger charge is -1.98. The molecule has 26 heavy (non-hydrogen) atoms. The lowest BCUT2D eigenvalue weighted by atomic mass is 10.5. The van der Waals surface area contributed by atoms with Gasteiger partial charge < -0.3 is 0 Å². The van der Waals surface area contributed by atoms with Crippen molar-refractivity contribution < 1.29 is 4.79 Å². The summed E-state index contributed by atoms with van der Waals surface area (Å²) in [5.74, 6) is 1.31. The molecule has 0 unspecified atom stereocenters. The second-order valence-electron chi connectivity index (χ2n) is 4.49. The molecule has 3 aromatic rings. The van der Waals surface area contributed by atoms with Gasteiger partial charge in [-0.05, 0) is 17.2 Å². The first kappa shape index (κ1) is 18.8. The molecule has 3 N–H and O–H groups in total. The molecule has 0 atom stereocenters. The molecule has 0 spiro atoms. The van der Waals surface area contributed by atoms with Crippen LogP contribution in [0.15, 0.2) is 32.1 Å². The number of nitrogens with one attached hydrogen (secondary N) is 3. The molecule has 0 bridgehead atoms. The molecule has 3 rings (SSSR count). The average molecular weight is 427 g/mol. The van der Waals surface area contributed by atoms with Crippen molar-refractivity contribution >= 4 is 69.4 Å². The van der Waals surface area contributed by atoms with E-state index in [1.165, 1.54) is 23.1 Å². The Bertz CT molecular complexity index is 859. The average Bonchev–Trinajstić information content (AvgIpc) is 3.36.